The average Bonchev–Trinajstić information content (AvgIpc) is 2.29. The molecule has 0 saturated heterocycles. The topological polar surface area (TPSA) is 49.7 Å². The Bertz CT molecular complexity index is 266. The van der Waals surface area contributed by atoms with Gasteiger partial charge in [0.2, 0.25) is 0 Å². The van der Waals surface area contributed by atoms with Crippen LogP contribution in [0.25, 0.3) is 0 Å². The van der Waals surface area contributed by atoms with Crippen molar-refractivity contribution in [1.82, 2.24) is 0 Å². The predicted molar refractivity (Wildman–Crippen MR) is 61.9 cm³/mol. The Morgan fingerprint density at radius 2 is 1.93 bits per heavy atom. The highest BCUT2D eigenvalue weighted by Crippen LogP contribution is 2.07. The molecule has 2 N–H and O–H groups in total. The lowest BCUT2D eigenvalue weighted by Gasteiger charge is -2.14. The third-order valence-corrected chi connectivity index (χ3v) is 2.89. The maximum atomic E-state index is 9.46. The van der Waals surface area contributed by atoms with Crippen molar-refractivity contribution in [3.63, 3.8) is 0 Å². The summed E-state index contributed by atoms with van der Waals surface area (Å²) in [6.45, 7) is 0.588. The minimum atomic E-state index is -0.682. The molecule has 0 spiro atoms. The molecule has 0 aliphatic carbocycles. The van der Waals surface area contributed by atoms with Crippen LogP contribution in [0.4, 0.5) is 0 Å². The van der Waals surface area contributed by atoms with E-state index in [9.17, 15) is 5.11 Å². The molecule has 0 saturated carbocycles. The van der Waals surface area contributed by atoms with E-state index in [1.807, 2.05) is 30.3 Å². The van der Waals surface area contributed by atoms with Crippen LogP contribution in [0.5, 0.6) is 0 Å². The van der Waals surface area contributed by atoms with Gasteiger partial charge in [0.1, 0.15) is 0 Å². The molecule has 0 heterocycles. The van der Waals surface area contributed by atoms with Crippen molar-refractivity contribution < 1.29 is 14.9 Å². The van der Waals surface area contributed by atoms with Gasteiger partial charge in [-0.1, -0.05) is 46.3 Å². The maximum absolute atomic E-state index is 9.46. The van der Waals surface area contributed by atoms with Crippen molar-refractivity contribution in [3.8, 4) is 0 Å². The molecule has 0 amide bonds. The largest absolute Gasteiger partial charge is 0.395 e. The Morgan fingerprint density at radius 3 is 2.53 bits per heavy atom. The van der Waals surface area contributed by atoms with Crippen molar-refractivity contribution >= 4 is 15.9 Å². The van der Waals surface area contributed by atoms with Crippen molar-refractivity contribution in [1.29, 1.82) is 0 Å². The minimum Gasteiger partial charge on any atom is -0.395 e. The summed E-state index contributed by atoms with van der Waals surface area (Å²) >= 11 is 3.15. The Morgan fingerprint density at radius 1 is 1.27 bits per heavy atom. The zero-order valence-corrected chi connectivity index (χ0v) is 9.93. The van der Waals surface area contributed by atoms with Gasteiger partial charge in [-0.15, -0.1) is 0 Å². The monoisotopic (exact) mass is 274 g/mol. The normalized spacial score (nSPS) is 14.9. The molecule has 0 bridgehead atoms. The summed E-state index contributed by atoms with van der Waals surface area (Å²) in [4.78, 5) is -0.326. The van der Waals surface area contributed by atoms with Gasteiger partial charge in [0.05, 0.1) is 30.8 Å². The highest BCUT2D eigenvalue weighted by Gasteiger charge is 2.14. The lowest BCUT2D eigenvalue weighted by atomic mass is 10.2. The number of hydrogen-bond acceptors (Lipinski definition) is 3. The number of ether oxygens (including phenoxy) is 1. The zero-order chi connectivity index (χ0) is 11.1. The van der Waals surface area contributed by atoms with Gasteiger partial charge in [0.15, 0.2) is 0 Å². The molecule has 0 radical (unpaired) electrons. The Kier molecular flexibility index (Phi) is 5.86. The van der Waals surface area contributed by atoms with E-state index in [0.717, 1.165) is 5.56 Å². The van der Waals surface area contributed by atoms with Gasteiger partial charge in [-0.3, -0.25) is 0 Å². The molecule has 3 nitrogen and oxygen atoms in total. The Balaban J connectivity index is 2.22. The number of benzene rings is 1. The van der Waals surface area contributed by atoms with Gasteiger partial charge in [-0.05, 0) is 5.56 Å². The van der Waals surface area contributed by atoms with E-state index in [-0.39, 0.29) is 18.0 Å². The maximum Gasteiger partial charge on any atom is 0.0920 e. The van der Waals surface area contributed by atoms with Crippen LogP contribution in [-0.4, -0.2) is 34.4 Å². The molecule has 84 valence electrons. The van der Waals surface area contributed by atoms with Crippen LogP contribution in [0.3, 0.4) is 0 Å². The summed E-state index contributed by atoms with van der Waals surface area (Å²) in [5.41, 5.74) is 1.07. The number of aliphatic hydroxyl groups is 2. The smallest absolute Gasteiger partial charge is 0.0920 e. The molecular weight excluding hydrogens is 260 g/mol. The summed E-state index contributed by atoms with van der Waals surface area (Å²) in [7, 11) is 0. The first-order valence-electron chi connectivity index (χ1n) is 4.78. The van der Waals surface area contributed by atoms with Crippen molar-refractivity contribution in [3.05, 3.63) is 35.9 Å². The number of rotatable bonds is 6. The number of halogens is 1. The molecule has 1 aromatic rings. The molecule has 1 rings (SSSR count). The summed E-state index contributed by atoms with van der Waals surface area (Å²) in [5, 5.41) is 18.2. The van der Waals surface area contributed by atoms with E-state index in [1.165, 1.54) is 0 Å². The first-order valence-corrected chi connectivity index (χ1v) is 5.70. The Hall–Kier alpha value is -0.420. The van der Waals surface area contributed by atoms with Crippen LogP contribution in [0, 0.1) is 0 Å². The molecule has 1 aromatic carbocycles. The number of aliphatic hydroxyl groups excluding tert-OH is 2. The molecule has 15 heavy (non-hydrogen) atoms. The highest BCUT2D eigenvalue weighted by molar-refractivity contribution is 9.09. The van der Waals surface area contributed by atoms with E-state index >= 15 is 0 Å². The SMILES string of the molecule is OC[C@H](Br)[C@H](O)COCc1ccccc1. The van der Waals surface area contributed by atoms with E-state index in [1.54, 1.807) is 0 Å². The summed E-state index contributed by atoms with van der Waals surface area (Å²) < 4.78 is 5.31. The van der Waals surface area contributed by atoms with E-state index in [4.69, 9.17) is 9.84 Å². The molecule has 0 aliphatic heterocycles. The minimum absolute atomic E-state index is 0.101. The summed E-state index contributed by atoms with van der Waals surface area (Å²) in [5.74, 6) is 0. The third kappa shape index (κ3) is 4.75. The molecular formula is C11H15BrO3. The van der Waals surface area contributed by atoms with Gasteiger partial charge in [0, 0.05) is 0 Å². The van der Waals surface area contributed by atoms with Gasteiger partial charge in [-0.2, -0.15) is 0 Å². The molecule has 4 heteroatoms. The molecule has 0 aliphatic rings. The van der Waals surface area contributed by atoms with Crippen molar-refractivity contribution in [2.45, 2.75) is 17.5 Å². The quantitative estimate of drug-likeness (QED) is 0.770. The second-order valence-electron chi connectivity index (χ2n) is 3.27. The standard InChI is InChI=1S/C11H15BrO3/c12-10(6-13)11(14)8-15-7-9-4-2-1-3-5-9/h1-5,10-11,13-14H,6-8H2/t10-,11+/m0/s1. The lowest BCUT2D eigenvalue weighted by molar-refractivity contribution is 0.0215. The Labute approximate surface area is 97.8 Å². The van der Waals surface area contributed by atoms with Gasteiger partial charge < -0.3 is 14.9 Å². The zero-order valence-electron chi connectivity index (χ0n) is 8.34. The van der Waals surface area contributed by atoms with Crippen molar-refractivity contribution in [2.75, 3.05) is 13.2 Å². The second kappa shape index (κ2) is 6.95. The third-order valence-electron chi connectivity index (χ3n) is 1.99. The summed E-state index contributed by atoms with van der Waals surface area (Å²) in [6, 6.07) is 9.75. The molecule has 0 fully saturated rings. The first kappa shape index (κ1) is 12.6. The van der Waals surface area contributed by atoms with E-state index in [0.29, 0.717) is 6.61 Å². The van der Waals surface area contributed by atoms with Crippen molar-refractivity contribution in [2.24, 2.45) is 0 Å². The van der Waals surface area contributed by atoms with E-state index < -0.39 is 6.10 Å². The fourth-order valence-corrected chi connectivity index (χ4v) is 1.25. The molecule has 0 unspecified atom stereocenters. The molecule has 2 atom stereocenters. The van der Waals surface area contributed by atoms with E-state index in [2.05, 4.69) is 15.9 Å². The van der Waals surface area contributed by atoms with Crippen LogP contribution in [0.1, 0.15) is 5.56 Å². The van der Waals surface area contributed by atoms with Crippen LogP contribution < -0.4 is 0 Å². The number of hydrogen-bond donors (Lipinski definition) is 2. The fraction of sp³-hybridized carbons (Fsp3) is 0.455. The van der Waals surface area contributed by atoms with Gasteiger partial charge >= 0.3 is 0 Å². The summed E-state index contributed by atoms with van der Waals surface area (Å²) in [6.07, 6.45) is -0.682. The average molecular weight is 275 g/mol. The first-order chi connectivity index (χ1) is 7.24. The van der Waals surface area contributed by atoms with Crippen LogP contribution in [0.15, 0.2) is 30.3 Å². The van der Waals surface area contributed by atoms with Crippen LogP contribution >= 0.6 is 15.9 Å². The van der Waals surface area contributed by atoms with Crippen LogP contribution in [-0.2, 0) is 11.3 Å². The van der Waals surface area contributed by atoms with Gasteiger partial charge in [0.25, 0.3) is 0 Å². The number of alkyl halides is 1. The van der Waals surface area contributed by atoms with Gasteiger partial charge in [-0.25, -0.2) is 0 Å². The highest BCUT2D eigenvalue weighted by atomic mass is 79.9. The molecule has 0 aromatic heterocycles. The van der Waals surface area contributed by atoms with Crippen LogP contribution in [0.2, 0.25) is 0 Å². The second-order valence-corrected chi connectivity index (χ2v) is 4.44. The predicted octanol–water partition coefficient (Wildman–Crippen LogP) is 1.32. The fourth-order valence-electron chi connectivity index (χ4n) is 1.10. The lowest BCUT2D eigenvalue weighted by Crippen LogP contribution is -2.28.